The van der Waals surface area contributed by atoms with E-state index >= 15 is 0 Å². The quantitative estimate of drug-likeness (QED) is 0.108. The van der Waals surface area contributed by atoms with E-state index in [4.69, 9.17) is 66.4 Å². The van der Waals surface area contributed by atoms with Gasteiger partial charge in [0.1, 0.15) is 45.3 Å². The Morgan fingerprint density at radius 3 is 0.763 bits per heavy atom. The van der Waals surface area contributed by atoms with Crippen LogP contribution in [0.2, 0.25) is 0 Å². The largest absolute Gasteiger partial charge is 0 e. The number of aromatic nitrogens is 4. The molecule has 0 aliphatic carbocycles. The van der Waals surface area contributed by atoms with E-state index in [9.17, 15) is 20.4 Å². The molecule has 0 spiro atoms. The van der Waals surface area contributed by atoms with Crippen LogP contribution in [0.4, 0.5) is 0 Å². The summed E-state index contributed by atoms with van der Waals surface area (Å²) in [6.07, 6.45) is 0. The van der Waals surface area contributed by atoms with Crippen molar-refractivity contribution >= 4 is 145 Å². The minimum atomic E-state index is -3.06. The number of hydrogen-bond acceptors (Lipinski definition) is 10. The molecular weight excluding hydrogens is 1960 g/mol. The van der Waals surface area contributed by atoms with Crippen molar-refractivity contribution in [2.45, 2.75) is 209 Å². The number of rotatable bonds is 8. The topological polar surface area (TPSA) is 159 Å². The van der Waals surface area contributed by atoms with Gasteiger partial charge in [-0.1, -0.05) is 251 Å². The maximum atomic E-state index is 11.7. The second-order valence-corrected chi connectivity index (χ2v) is 58.5. The number of nitrogens with zero attached hydrogens (tertiary/aromatic N) is 4. The molecule has 14 aromatic rings. The second-order valence-electron chi connectivity index (χ2n) is 38.8. The predicted octanol–water partition coefficient (Wildman–Crippen LogP) is 29.3. The summed E-state index contributed by atoms with van der Waals surface area (Å²) in [6, 6.07) is 65.2. The van der Waals surface area contributed by atoms with Gasteiger partial charge in [-0.15, -0.1) is 0 Å². The van der Waals surface area contributed by atoms with Crippen molar-refractivity contribution in [2.75, 3.05) is 0 Å². The Bertz CT molecular complexity index is 5660. The third kappa shape index (κ3) is 22.7. The fourth-order valence-corrected chi connectivity index (χ4v) is 14.1. The van der Waals surface area contributed by atoms with Crippen molar-refractivity contribution in [2.24, 2.45) is 0 Å². The summed E-state index contributed by atoms with van der Waals surface area (Å²) in [7, 11) is 20.0. The number of pyridine rings is 4. The summed E-state index contributed by atoms with van der Waals surface area (Å²) in [5.74, 6) is 0.597. The first-order valence-electron chi connectivity index (χ1n) is 40.0. The molecular formula is C100H108Cl4K2N4O6Pt2. The van der Waals surface area contributed by atoms with Gasteiger partial charge in [0.05, 0.1) is 45.6 Å². The molecule has 6 heterocycles. The molecule has 0 amide bonds. The summed E-state index contributed by atoms with van der Waals surface area (Å²) in [5, 5.41) is 49.5. The molecule has 0 atom stereocenters. The molecule has 0 saturated carbocycles. The van der Waals surface area contributed by atoms with Gasteiger partial charge >= 0.3 is 113 Å². The van der Waals surface area contributed by atoms with Crippen LogP contribution >= 0.6 is 37.7 Å². The van der Waals surface area contributed by atoms with Crippen LogP contribution in [-0.4, -0.2) is 104 Å². The number of benzene rings is 8. The molecule has 0 fully saturated rings. The molecule has 0 saturated heterocycles. The molecule has 0 aliphatic heterocycles. The maximum absolute atomic E-state index is 11.7. The Balaban J connectivity index is 0.000000229. The van der Waals surface area contributed by atoms with Gasteiger partial charge in [-0.25, -0.2) is 19.9 Å². The summed E-state index contributed by atoms with van der Waals surface area (Å²) in [6.45, 7) is 53.1. The van der Waals surface area contributed by atoms with E-state index in [1.54, 1.807) is 24.3 Å². The standard InChI is InChI=1S/2C50H54N2O3.4ClH.2K.2Pt/c2*1-47(2,3)31-17-18-43(53)37(24-31)40-25-34(50(10,11)12)26-42(52-40)41-22-30(29-19-32(48(4,5)6)23-33(20-29)49(7,8)9)21-39(51-41)38-28-46-36(27-44(38)54)35-15-13-14-16-45(35)55-46;;;;;;;;/h2*13-28,53-54H,1-12H3;4*1H;;;;/q;;;;;;;;;+4/p-4. The number of aromatic hydroxyl groups is 4. The molecule has 10 nitrogen and oxygen atoms in total. The number of phenols is 4. The smallest absolute Gasteiger partial charge is 0 e. The first-order valence-corrected chi connectivity index (χ1v) is 67.3. The van der Waals surface area contributed by atoms with Gasteiger partial charge in [-0.05, 0) is 219 Å². The first-order chi connectivity index (χ1) is 54.1. The normalized spacial score (nSPS) is 12.7. The molecule has 6 aromatic heterocycles. The Labute approximate surface area is 776 Å². The van der Waals surface area contributed by atoms with E-state index in [-0.39, 0.29) is 87.4 Å². The fourth-order valence-electron chi connectivity index (χ4n) is 14.1. The van der Waals surface area contributed by atoms with E-state index in [0.29, 0.717) is 79.0 Å². The van der Waals surface area contributed by atoms with E-state index in [2.05, 4.69) is 263 Å². The number of hydrogen-bond donors (Lipinski definition) is 4. The van der Waals surface area contributed by atoms with Crippen molar-refractivity contribution in [3.63, 3.8) is 0 Å². The molecule has 118 heavy (non-hydrogen) atoms. The first kappa shape index (κ1) is 95.2. The Morgan fingerprint density at radius 1 is 0.246 bits per heavy atom. The van der Waals surface area contributed by atoms with Crippen LogP contribution in [-0.2, 0) is 76.3 Å². The van der Waals surface area contributed by atoms with Crippen molar-refractivity contribution < 1.29 is 62.2 Å². The second kappa shape index (κ2) is 36.3. The van der Waals surface area contributed by atoms with Gasteiger partial charge in [0.25, 0.3) is 0 Å². The average Bonchev–Trinajstić information content (AvgIpc) is 1.41. The minimum Gasteiger partial charge on any atom is 0 e. The molecule has 18 heteroatoms. The van der Waals surface area contributed by atoms with Gasteiger partial charge in [0, 0.05) is 64.9 Å². The Morgan fingerprint density at radius 2 is 0.475 bits per heavy atom. The number of halogens is 4. The van der Waals surface area contributed by atoms with Crippen molar-refractivity contribution in [3.8, 4) is 113 Å². The van der Waals surface area contributed by atoms with E-state index in [1.165, 1.54) is 85.4 Å². The monoisotopic (exact) mass is 2070 g/mol. The maximum Gasteiger partial charge on any atom is 0 e. The van der Waals surface area contributed by atoms with Crippen molar-refractivity contribution in [3.05, 3.63) is 239 Å². The predicted molar refractivity (Wildman–Crippen MR) is 493 cm³/mol. The summed E-state index contributed by atoms with van der Waals surface area (Å²) in [4.78, 5) is 21.1. The third-order valence-electron chi connectivity index (χ3n) is 21.4. The summed E-state index contributed by atoms with van der Waals surface area (Å²) in [5.41, 5.74) is 23.0. The van der Waals surface area contributed by atoms with Gasteiger partial charge in [0.15, 0.2) is 0 Å². The SMILES string of the molecule is CC(C)(C)c1cc(-c2cc(-c3cc(C(C)(C)C)cc(-c4cc(C(C)(C)C)ccc4O)n3)nc(-c3cc4oc5ccccc5c4cc3O)c2)cc(C(C)(C)C)c1.CC(C)(C)c1cc(-c2cc(-c3cc(C(C)(C)C)cc(-c4cc(C(C)(C)C)ccc4O)n3)nc(-c3cc4oc5ccccc5c4cc3O)c2)cc(C(C)(C)C)c1.[Cl][Pt]([Cl])([Cl])[Cl].[K][K].[Pt]. The van der Waals surface area contributed by atoms with Crippen LogP contribution in [0.3, 0.4) is 0 Å². The van der Waals surface area contributed by atoms with Crippen LogP contribution in [0, 0.1) is 0 Å². The number of furan rings is 2. The molecule has 8 aromatic carbocycles. The van der Waals surface area contributed by atoms with Gasteiger partial charge < -0.3 is 29.3 Å². The molecule has 0 bridgehead atoms. The number of fused-ring (bicyclic) bond motifs is 6. The molecule has 0 unspecified atom stereocenters. The summed E-state index contributed by atoms with van der Waals surface area (Å²) >= 11 is -0.556. The zero-order valence-electron chi connectivity index (χ0n) is 73.0. The molecule has 614 valence electrons. The molecule has 0 aliphatic rings. The molecule has 14 rings (SSSR count). The number of phenolic OH excluding ortho intramolecular Hbond substituents is 4. The van der Waals surface area contributed by atoms with Crippen LogP contribution in [0.5, 0.6) is 23.0 Å². The zero-order valence-corrected chi connectivity index (χ0v) is 86.8. The van der Waals surface area contributed by atoms with E-state index in [0.717, 1.165) is 77.2 Å². The fraction of sp³-hybridized carbons (Fsp3) is 0.320. The van der Waals surface area contributed by atoms with Crippen LogP contribution in [0.15, 0.2) is 203 Å². The molecule has 4 N–H and O–H groups in total. The van der Waals surface area contributed by atoms with Gasteiger partial charge in [-0.3, -0.25) is 0 Å². The van der Waals surface area contributed by atoms with Crippen LogP contribution < -0.4 is 0 Å². The van der Waals surface area contributed by atoms with E-state index < -0.39 is 11.9 Å². The van der Waals surface area contributed by atoms with Crippen molar-refractivity contribution in [1.82, 2.24) is 19.9 Å². The van der Waals surface area contributed by atoms with Crippen LogP contribution in [0.25, 0.3) is 134 Å². The summed E-state index contributed by atoms with van der Waals surface area (Å²) < 4.78 is 12.6. The molecule has 0 radical (unpaired) electrons. The third-order valence-corrected chi connectivity index (χ3v) is 21.4. The Kier molecular flexibility index (Phi) is 29.3. The van der Waals surface area contributed by atoms with Gasteiger partial charge in [-0.2, -0.15) is 0 Å². The number of para-hydroxylation sites is 2. The average molecular weight is 2070 g/mol. The Hall–Kier alpha value is -5.03. The van der Waals surface area contributed by atoms with E-state index in [1.807, 2.05) is 72.8 Å². The zero-order chi connectivity index (χ0) is 86.2. The van der Waals surface area contributed by atoms with Crippen molar-refractivity contribution in [1.29, 1.82) is 0 Å². The van der Waals surface area contributed by atoms with Crippen LogP contribution in [0.1, 0.15) is 211 Å². The minimum absolute atomic E-state index is 0. The van der Waals surface area contributed by atoms with Gasteiger partial charge in [0.2, 0.25) is 0 Å².